The van der Waals surface area contributed by atoms with E-state index in [0.29, 0.717) is 7.69 Å². The Balaban J connectivity index is 1.97. The Morgan fingerprint density at radius 2 is 2.25 bits per heavy atom. The predicted octanol–water partition coefficient (Wildman–Crippen LogP) is -2.82. The molecular weight excluding hydrogens is 115 g/mol. The fourth-order valence-electron chi connectivity index (χ4n) is 0. The van der Waals surface area contributed by atoms with Crippen LogP contribution in [0.4, 0.5) is 0 Å². The summed E-state index contributed by atoms with van der Waals surface area (Å²) in [5.74, 6) is 0. The summed E-state index contributed by atoms with van der Waals surface area (Å²) in [5.41, 5.74) is 0. The molecule has 0 rings (SSSR count). The van der Waals surface area contributed by atoms with Gasteiger partial charge < -0.3 is 0 Å². The van der Waals surface area contributed by atoms with Crippen LogP contribution in [0.15, 0.2) is 0 Å². The normalized spacial score (nSPS) is 7.25. The molecule has 0 bridgehead atoms. The van der Waals surface area contributed by atoms with Gasteiger partial charge in [-0.2, -0.15) is 0 Å². The van der Waals surface area contributed by atoms with Gasteiger partial charge in [0.2, 0.25) is 0 Å². The van der Waals surface area contributed by atoms with Gasteiger partial charge in [0.1, 0.15) is 0 Å². The van der Waals surface area contributed by atoms with Gasteiger partial charge >= 0.3 is 33.2 Å². The van der Waals surface area contributed by atoms with Gasteiger partial charge in [-0.05, 0) is 0 Å². The SMILES string of the molecule is [O-][B][O][GeH3]. The Hall–Kier alpha value is 0.528. The Kier molecular flexibility index (Phi) is 3.99. The van der Waals surface area contributed by atoms with Crippen molar-refractivity contribution in [2.24, 2.45) is 0 Å². The molecule has 4 heavy (non-hydrogen) atoms. The molecule has 0 aromatic heterocycles. The predicted molar refractivity (Wildman–Crippen MR) is 16.8 cm³/mol. The molecule has 0 aliphatic carbocycles. The maximum absolute atomic E-state index is 9.00. The van der Waals surface area contributed by atoms with E-state index in [0.717, 1.165) is 0 Å². The summed E-state index contributed by atoms with van der Waals surface area (Å²) in [6.45, 7) is 0. The molecular formula is H3BGeO2-. The minimum atomic E-state index is 0.245. The van der Waals surface area contributed by atoms with E-state index in [4.69, 9.17) is 5.02 Å². The molecule has 0 aromatic carbocycles. The zero-order valence-electron chi connectivity index (χ0n) is 2.39. The number of rotatable bonds is 1. The average Bonchev–Trinajstić information content (AvgIpc) is 1.37. The van der Waals surface area contributed by atoms with Crippen molar-refractivity contribution in [3.05, 3.63) is 0 Å². The van der Waals surface area contributed by atoms with E-state index < -0.39 is 0 Å². The molecule has 0 N–H and O–H groups in total. The monoisotopic (exact) mass is 120 g/mol. The first-order chi connectivity index (χ1) is 1.91. The van der Waals surface area contributed by atoms with Crippen LogP contribution in [0, 0.1) is 0 Å². The molecule has 0 fully saturated rings. The van der Waals surface area contributed by atoms with Crippen molar-refractivity contribution >= 4 is 24.5 Å². The van der Waals surface area contributed by atoms with Gasteiger partial charge in [0.25, 0.3) is 0 Å². The van der Waals surface area contributed by atoms with Crippen molar-refractivity contribution in [1.29, 1.82) is 0 Å². The molecule has 1 radical (unpaired) electrons. The number of hydrogen-bond donors (Lipinski definition) is 0. The molecule has 0 unspecified atom stereocenters. The standard InChI is InChI=1S/BGeH3O2/c2-4-1-3/h2H3/q-1. The van der Waals surface area contributed by atoms with Crippen molar-refractivity contribution in [2.45, 2.75) is 0 Å². The fraction of sp³-hybridized carbons (Fsp3) is 0. The third-order valence-electron chi connectivity index (χ3n) is 0.0962. The average molecular weight is 118 g/mol. The van der Waals surface area contributed by atoms with Crippen LogP contribution >= 0.6 is 0 Å². The molecule has 0 aliphatic rings. The molecule has 4 heteroatoms. The molecule has 0 saturated carbocycles. The van der Waals surface area contributed by atoms with Crippen LogP contribution in [0.3, 0.4) is 0 Å². The van der Waals surface area contributed by atoms with Gasteiger partial charge in [0.05, 0.1) is 0 Å². The summed E-state index contributed by atoms with van der Waals surface area (Å²) in [4.78, 5) is 0. The molecule has 0 saturated heterocycles. The van der Waals surface area contributed by atoms with Crippen LogP contribution < -0.4 is 5.02 Å². The van der Waals surface area contributed by atoms with Gasteiger partial charge in [-0.25, -0.2) is 0 Å². The third-order valence-corrected chi connectivity index (χ3v) is 0.500. The fourth-order valence-corrected chi connectivity index (χ4v) is 0. The van der Waals surface area contributed by atoms with Crippen LogP contribution in [-0.4, -0.2) is 24.5 Å². The maximum atomic E-state index is 9.00. The van der Waals surface area contributed by atoms with Crippen LogP contribution in [0.2, 0.25) is 0 Å². The first-order valence-corrected chi connectivity index (χ1v) is 2.59. The summed E-state index contributed by atoms with van der Waals surface area (Å²) in [5, 5.41) is 9.00. The summed E-state index contributed by atoms with van der Waals surface area (Å²) < 4.78 is 4.05. The summed E-state index contributed by atoms with van der Waals surface area (Å²) in [6, 6.07) is 0. The van der Waals surface area contributed by atoms with Gasteiger partial charge in [0.15, 0.2) is 0 Å². The van der Waals surface area contributed by atoms with Gasteiger partial charge in [-0.3, -0.25) is 0 Å². The Morgan fingerprint density at radius 3 is 2.25 bits per heavy atom. The summed E-state index contributed by atoms with van der Waals surface area (Å²) in [6.07, 6.45) is 0. The van der Waals surface area contributed by atoms with Crippen LogP contribution in [-0.2, 0) is 3.68 Å². The Labute approximate surface area is 34.0 Å². The Morgan fingerprint density at radius 1 is 2.00 bits per heavy atom. The molecule has 0 amide bonds. The second-order valence-corrected chi connectivity index (χ2v) is 1.32. The zero-order valence-corrected chi connectivity index (χ0v) is 6.59. The van der Waals surface area contributed by atoms with Gasteiger partial charge in [0, 0.05) is 0 Å². The van der Waals surface area contributed by atoms with Gasteiger partial charge in [-0.15, -0.1) is 0 Å². The summed E-state index contributed by atoms with van der Waals surface area (Å²) in [7, 11) is 0.458. The molecule has 0 atom stereocenters. The van der Waals surface area contributed by atoms with E-state index in [1.54, 1.807) is 0 Å². The quantitative estimate of drug-likeness (QED) is 0.348. The molecule has 0 heterocycles. The zero-order chi connectivity index (χ0) is 3.41. The third kappa shape index (κ3) is 2.53. The minimum absolute atomic E-state index is 0.245. The van der Waals surface area contributed by atoms with E-state index in [9.17, 15) is 0 Å². The Bertz CT molecular complexity index is 8.00. The molecule has 0 aromatic rings. The van der Waals surface area contributed by atoms with Crippen molar-refractivity contribution in [3.63, 3.8) is 0 Å². The van der Waals surface area contributed by atoms with E-state index in [2.05, 4.69) is 3.68 Å². The molecule has 0 spiro atoms. The topological polar surface area (TPSA) is 32.3 Å². The number of hydrogen-bond acceptors (Lipinski definition) is 2. The first-order valence-electron chi connectivity index (χ1n) is 0.880. The summed E-state index contributed by atoms with van der Waals surface area (Å²) >= 11 is 0.245. The van der Waals surface area contributed by atoms with Crippen molar-refractivity contribution < 1.29 is 8.71 Å². The second kappa shape index (κ2) is 3.53. The van der Waals surface area contributed by atoms with Crippen LogP contribution in [0.5, 0.6) is 0 Å². The van der Waals surface area contributed by atoms with E-state index in [1.807, 2.05) is 0 Å². The van der Waals surface area contributed by atoms with E-state index in [-0.39, 0.29) is 16.9 Å². The van der Waals surface area contributed by atoms with Crippen molar-refractivity contribution in [2.75, 3.05) is 0 Å². The molecule has 2 nitrogen and oxygen atoms in total. The van der Waals surface area contributed by atoms with Crippen molar-refractivity contribution in [3.8, 4) is 0 Å². The first kappa shape index (κ1) is 4.53. The van der Waals surface area contributed by atoms with E-state index in [1.165, 1.54) is 0 Å². The second-order valence-electron chi connectivity index (χ2n) is 0.332. The molecule has 23 valence electrons. The van der Waals surface area contributed by atoms with Crippen LogP contribution in [0.25, 0.3) is 0 Å². The van der Waals surface area contributed by atoms with E-state index >= 15 is 0 Å². The van der Waals surface area contributed by atoms with Crippen LogP contribution in [0.1, 0.15) is 0 Å². The van der Waals surface area contributed by atoms with Gasteiger partial charge in [-0.1, -0.05) is 0 Å². The molecule has 0 aliphatic heterocycles. The van der Waals surface area contributed by atoms with Crippen molar-refractivity contribution in [1.82, 2.24) is 0 Å².